The molecule has 5 rings (SSSR count). The van der Waals surface area contributed by atoms with Crippen LogP contribution in [0.5, 0.6) is 5.75 Å². The first-order valence-electron chi connectivity index (χ1n) is 13.4. The van der Waals surface area contributed by atoms with Crippen molar-refractivity contribution in [3.8, 4) is 28.3 Å². The minimum absolute atomic E-state index is 0.0853. The number of carboxylic acid groups (broad SMARTS) is 1. The fourth-order valence-electron chi connectivity index (χ4n) is 5.68. The van der Waals surface area contributed by atoms with Crippen LogP contribution in [0.15, 0.2) is 60.7 Å². The Morgan fingerprint density at radius 2 is 1.71 bits per heavy atom. The van der Waals surface area contributed by atoms with Crippen LogP contribution in [-0.4, -0.2) is 27.2 Å². The monoisotopic (exact) mass is 508 g/mol. The van der Waals surface area contributed by atoms with Gasteiger partial charge in [-0.3, -0.25) is 4.79 Å². The number of rotatable bonds is 8. The number of carbonyl (C=O) groups is 1. The smallest absolute Gasteiger partial charge is 0.306 e. The van der Waals surface area contributed by atoms with Gasteiger partial charge in [-0.25, -0.2) is 4.98 Å². The van der Waals surface area contributed by atoms with Gasteiger partial charge in [-0.15, -0.1) is 0 Å². The molecule has 0 amide bonds. The minimum Gasteiger partial charge on any atom is -0.493 e. The second-order valence-electron chi connectivity index (χ2n) is 10.6. The number of fused-ring (bicyclic) bond motifs is 1. The molecule has 0 saturated carbocycles. The molecule has 5 nitrogen and oxygen atoms in total. The van der Waals surface area contributed by atoms with Gasteiger partial charge in [-0.2, -0.15) is 0 Å². The molecule has 5 heteroatoms. The summed E-state index contributed by atoms with van der Waals surface area (Å²) in [6, 6.07) is 21.3. The van der Waals surface area contributed by atoms with Gasteiger partial charge in [0, 0.05) is 24.7 Å². The molecule has 1 aromatic heterocycles. The van der Waals surface area contributed by atoms with E-state index in [9.17, 15) is 9.90 Å². The molecule has 3 aromatic carbocycles. The molecular formula is C33H36N2O3. The SMILES string of the molecule is Cc1ccc(-c2ccc(-c3nc(C)c(CCOc4ccc5c(c4)CC[C@H]5[C@H](C)C(=O)O)n3C)cc2)cc1C. The fraction of sp³-hybridized carbons (Fsp3) is 0.333. The highest BCUT2D eigenvalue weighted by Gasteiger charge is 2.31. The molecule has 0 aliphatic heterocycles. The molecule has 1 N–H and O–H groups in total. The lowest BCUT2D eigenvalue weighted by molar-refractivity contribution is -0.141. The second kappa shape index (κ2) is 10.5. The van der Waals surface area contributed by atoms with Gasteiger partial charge in [0.25, 0.3) is 0 Å². The molecule has 0 unspecified atom stereocenters. The van der Waals surface area contributed by atoms with Crippen molar-refractivity contribution in [1.82, 2.24) is 9.55 Å². The summed E-state index contributed by atoms with van der Waals surface area (Å²) in [6.07, 6.45) is 2.54. The van der Waals surface area contributed by atoms with Crippen LogP contribution >= 0.6 is 0 Å². The quantitative estimate of drug-likeness (QED) is 0.277. The van der Waals surface area contributed by atoms with Crippen molar-refractivity contribution < 1.29 is 14.6 Å². The highest BCUT2D eigenvalue weighted by Crippen LogP contribution is 2.40. The van der Waals surface area contributed by atoms with Crippen molar-refractivity contribution in [2.45, 2.75) is 52.9 Å². The van der Waals surface area contributed by atoms with E-state index in [1.54, 1.807) is 6.92 Å². The highest BCUT2D eigenvalue weighted by molar-refractivity contribution is 5.71. The van der Waals surface area contributed by atoms with Gasteiger partial charge < -0.3 is 14.4 Å². The molecule has 1 heterocycles. The molecule has 38 heavy (non-hydrogen) atoms. The summed E-state index contributed by atoms with van der Waals surface area (Å²) in [5.74, 6) is 0.788. The van der Waals surface area contributed by atoms with E-state index in [0.29, 0.717) is 6.61 Å². The number of aliphatic carboxylic acids is 1. The Bertz CT molecular complexity index is 1480. The predicted octanol–water partition coefficient (Wildman–Crippen LogP) is 7.05. The lowest BCUT2D eigenvalue weighted by Gasteiger charge is -2.16. The number of benzene rings is 3. The highest BCUT2D eigenvalue weighted by atomic mass is 16.5. The van der Waals surface area contributed by atoms with E-state index in [-0.39, 0.29) is 11.8 Å². The van der Waals surface area contributed by atoms with E-state index in [0.717, 1.165) is 53.4 Å². The van der Waals surface area contributed by atoms with E-state index < -0.39 is 5.97 Å². The third-order valence-electron chi connectivity index (χ3n) is 8.24. The van der Waals surface area contributed by atoms with Crippen LogP contribution in [0.4, 0.5) is 0 Å². The third-order valence-corrected chi connectivity index (χ3v) is 8.24. The normalized spacial score (nSPS) is 15.3. The van der Waals surface area contributed by atoms with E-state index in [4.69, 9.17) is 9.72 Å². The second-order valence-corrected chi connectivity index (χ2v) is 10.6. The standard InChI is InChI=1S/C33H36N2O3/c1-20-6-7-26(18-21(20)2)24-8-10-25(11-9-24)32-34-23(4)31(35(32)5)16-17-38-28-13-15-30-27(19-28)12-14-29(30)22(3)33(36)37/h6-11,13,15,18-19,22,29H,12,14,16-17H2,1-5H3,(H,36,37)/t22-,29-/m0/s1. The van der Waals surface area contributed by atoms with Gasteiger partial charge in [0.05, 0.1) is 18.2 Å². The molecule has 0 radical (unpaired) electrons. The number of aromatic nitrogens is 2. The van der Waals surface area contributed by atoms with Crippen molar-refractivity contribution in [1.29, 1.82) is 0 Å². The zero-order valence-corrected chi connectivity index (χ0v) is 22.9. The van der Waals surface area contributed by atoms with Crippen LogP contribution < -0.4 is 4.74 Å². The number of nitrogens with zero attached hydrogens (tertiary/aromatic N) is 2. The molecule has 4 aromatic rings. The Hall–Kier alpha value is -3.86. The zero-order valence-electron chi connectivity index (χ0n) is 22.9. The molecule has 0 saturated heterocycles. The first-order valence-corrected chi connectivity index (χ1v) is 13.4. The van der Waals surface area contributed by atoms with Crippen molar-refractivity contribution in [2.24, 2.45) is 13.0 Å². The Kier molecular flexibility index (Phi) is 7.11. The largest absolute Gasteiger partial charge is 0.493 e. The first-order chi connectivity index (χ1) is 18.2. The van der Waals surface area contributed by atoms with Gasteiger partial charge in [0.2, 0.25) is 0 Å². The van der Waals surface area contributed by atoms with E-state index in [1.165, 1.54) is 27.8 Å². The number of carboxylic acids is 1. The maximum Gasteiger partial charge on any atom is 0.306 e. The Morgan fingerprint density at radius 3 is 2.42 bits per heavy atom. The Balaban J connectivity index is 1.25. The molecular weight excluding hydrogens is 472 g/mol. The predicted molar refractivity (Wildman–Crippen MR) is 152 cm³/mol. The van der Waals surface area contributed by atoms with Crippen molar-refractivity contribution in [3.05, 3.63) is 94.3 Å². The number of ether oxygens (including phenoxy) is 1. The lowest BCUT2D eigenvalue weighted by atomic mass is 9.89. The number of aryl methyl sites for hydroxylation is 4. The van der Waals surface area contributed by atoms with Gasteiger partial charge >= 0.3 is 5.97 Å². The molecule has 0 spiro atoms. The van der Waals surface area contributed by atoms with Crippen molar-refractivity contribution in [3.63, 3.8) is 0 Å². The van der Waals surface area contributed by atoms with Crippen LogP contribution in [0.2, 0.25) is 0 Å². The van der Waals surface area contributed by atoms with Crippen LogP contribution in [0.1, 0.15) is 52.9 Å². The molecule has 0 fully saturated rings. The van der Waals surface area contributed by atoms with Gasteiger partial charge in [-0.1, -0.05) is 55.5 Å². The summed E-state index contributed by atoms with van der Waals surface area (Å²) < 4.78 is 8.30. The molecule has 0 bridgehead atoms. The van der Waals surface area contributed by atoms with Gasteiger partial charge in [0.15, 0.2) is 0 Å². The van der Waals surface area contributed by atoms with Crippen LogP contribution in [0.25, 0.3) is 22.5 Å². The van der Waals surface area contributed by atoms with E-state index >= 15 is 0 Å². The van der Waals surface area contributed by atoms with E-state index in [1.807, 2.05) is 6.07 Å². The maximum atomic E-state index is 11.4. The Morgan fingerprint density at radius 1 is 1.00 bits per heavy atom. The molecule has 2 atom stereocenters. The number of hydrogen-bond donors (Lipinski definition) is 1. The van der Waals surface area contributed by atoms with Gasteiger partial charge in [-0.05, 0) is 85.0 Å². The lowest BCUT2D eigenvalue weighted by Crippen LogP contribution is -2.17. The number of hydrogen-bond acceptors (Lipinski definition) is 3. The minimum atomic E-state index is -0.730. The third kappa shape index (κ3) is 4.98. The zero-order chi connectivity index (χ0) is 27.0. The average molecular weight is 509 g/mol. The van der Waals surface area contributed by atoms with E-state index in [2.05, 4.69) is 87.0 Å². The Labute approximate surface area is 225 Å². The average Bonchev–Trinajstić information content (AvgIpc) is 3.45. The molecule has 196 valence electrons. The van der Waals surface area contributed by atoms with Crippen molar-refractivity contribution >= 4 is 5.97 Å². The first kappa shape index (κ1) is 25.8. The fourth-order valence-corrected chi connectivity index (χ4v) is 5.68. The summed E-state index contributed by atoms with van der Waals surface area (Å²) >= 11 is 0. The maximum absolute atomic E-state index is 11.4. The van der Waals surface area contributed by atoms with Gasteiger partial charge in [0.1, 0.15) is 11.6 Å². The summed E-state index contributed by atoms with van der Waals surface area (Å²) in [4.78, 5) is 16.3. The summed E-state index contributed by atoms with van der Waals surface area (Å²) in [7, 11) is 2.07. The van der Waals surface area contributed by atoms with Crippen LogP contribution in [-0.2, 0) is 24.7 Å². The molecule has 1 aliphatic rings. The summed E-state index contributed by atoms with van der Waals surface area (Å²) in [6.45, 7) is 8.70. The summed E-state index contributed by atoms with van der Waals surface area (Å²) in [5.41, 5.74) is 10.7. The number of imidazole rings is 1. The van der Waals surface area contributed by atoms with Crippen molar-refractivity contribution in [2.75, 3.05) is 6.61 Å². The summed E-state index contributed by atoms with van der Waals surface area (Å²) in [5, 5.41) is 9.41. The van der Waals surface area contributed by atoms with Crippen LogP contribution in [0, 0.1) is 26.7 Å². The van der Waals surface area contributed by atoms with Crippen LogP contribution in [0.3, 0.4) is 0 Å². The molecule has 1 aliphatic carbocycles. The topological polar surface area (TPSA) is 64.3 Å².